The number of epoxide rings is 1. The maximum absolute atomic E-state index is 13.0. The normalized spacial score (nSPS) is 51.1. The molecule has 2 spiro atoms. The van der Waals surface area contributed by atoms with Crippen molar-refractivity contribution in [3.8, 4) is 0 Å². The minimum absolute atomic E-state index is 0.00162. The highest BCUT2D eigenvalue weighted by molar-refractivity contribution is 9.09. The molecule has 2 saturated heterocycles. The highest BCUT2D eigenvalue weighted by Gasteiger charge is 2.84. The molecule has 2 N–H and O–H groups in total. The van der Waals surface area contributed by atoms with E-state index < -0.39 is 69.0 Å². The van der Waals surface area contributed by atoms with Gasteiger partial charge in [-0.1, -0.05) is 41.9 Å². The third kappa shape index (κ3) is 4.16. The number of cyclic esters (lactones) is 2. The molecule has 2 bridgehead atoms. The van der Waals surface area contributed by atoms with Crippen molar-refractivity contribution in [3.05, 3.63) is 24.3 Å². The number of halogens is 1. The van der Waals surface area contributed by atoms with Crippen LogP contribution < -0.4 is 0 Å². The first kappa shape index (κ1) is 27.8. The van der Waals surface area contributed by atoms with Crippen LogP contribution >= 0.6 is 15.9 Å². The van der Waals surface area contributed by atoms with E-state index in [0.717, 1.165) is 0 Å². The van der Waals surface area contributed by atoms with Crippen LogP contribution in [0.1, 0.15) is 46.5 Å². The molecule has 11 heteroatoms. The number of aliphatic hydroxyl groups excluding tert-OH is 1. The Morgan fingerprint density at radius 1 is 1.00 bits per heavy atom. The largest absolute Gasteiger partial charge is 0.463 e. The number of aliphatic hydroxyl groups is 2. The predicted octanol–water partition coefficient (Wildman–Crippen LogP) is 1.74. The van der Waals surface area contributed by atoms with E-state index in [1.54, 1.807) is 13.8 Å². The van der Waals surface area contributed by atoms with Gasteiger partial charge in [0, 0.05) is 29.4 Å². The quantitative estimate of drug-likeness (QED) is 0.183. The minimum Gasteiger partial charge on any atom is -0.463 e. The molecule has 4 fully saturated rings. The van der Waals surface area contributed by atoms with Crippen LogP contribution in [0.5, 0.6) is 0 Å². The fraction of sp³-hybridized carbons (Fsp3) is 0.741. The van der Waals surface area contributed by atoms with E-state index in [-0.39, 0.29) is 25.7 Å². The van der Waals surface area contributed by atoms with Crippen molar-refractivity contribution in [3.63, 3.8) is 0 Å². The van der Waals surface area contributed by atoms with E-state index in [2.05, 4.69) is 15.9 Å². The van der Waals surface area contributed by atoms with Crippen molar-refractivity contribution in [1.29, 1.82) is 0 Å². The lowest BCUT2D eigenvalue weighted by Gasteiger charge is -2.62. The van der Waals surface area contributed by atoms with Gasteiger partial charge in [0.1, 0.15) is 18.3 Å². The van der Waals surface area contributed by atoms with Gasteiger partial charge in [0.2, 0.25) is 0 Å². The first-order valence-electron chi connectivity index (χ1n) is 13.1. The van der Waals surface area contributed by atoms with Gasteiger partial charge in [-0.2, -0.15) is 0 Å². The Morgan fingerprint density at radius 2 is 1.68 bits per heavy atom. The Morgan fingerprint density at radius 3 is 2.37 bits per heavy atom. The molecule has 10 nitrogen and oxygen atoms in total. The standard InChI is InChI=1S/C27H35BrO10/c1-15-8-11-34-18(29)6-4-5-7-19(30)37-16-12-17-27(14-36-27)25(16,3)26(13-35-23(32)20(15)31)10-9-24(2,33)21(28)22(26)38-17/h4-7,15-17,20-22,31,33H,8-14H2,1-3H3/b6-4-,7-5-. The van der Waals surface area contributed by atoms with E-state index in [1.807, 2.05) is 6.92 Å². The number of esters is 3. The Balaban J connectivity index is 1.55. The number of hydrogen-bond donors (Lipinski definition) is 2. The van der Waals surface area contributed by atoms with E-state index in [1.165, 1.54) is 24.3 Å². The number of allylic oxidation sites excluding steroid dienone is 2. The summed E-state index contributed by atoms with van der Waals surface area (Å²) in [7, 11) is 0. The highest BCUT2D eigenvalue weighted by atomic mass is 79.9. The molecule has 10 atom stereocenters. The van der Waals surface area contributed by atoms with Crippen molar-refractivity contribution >= 4 is 33.8 Å². The average Bonchev–Trinajstić information content (AvgIpc) is 3.65. The fourth-order valence-corrected chi connectivity index (χ4v) is 7.84. The molecule has 0 aromatic heterocycles. The number of rotatable bonds is 0. The van der Waals surface area contributed by atoms with E-state index in [0.29, 0.717) is 25.9 Å². The Hall–Kier alpha value is -1.79. The first-order valence-corrected chi connectivity index (χ1v) is 14.0. The third-order valence-electron chi connectivity index (χ3n) is 9.66. The Labute approximate surface area is 229 Å². The summed E-state index contributed by atoms with van der Waals surface area (Å²) in [5.74, 6) is -2.53. The van der Waals surface area contributed by atoms with Crippen LogP contribution in [-0.2, 0) is 38.1 Å². The van der Waals surface area contributed by atoms with E-state index in [4.69, 9.17) is 23.7 Å². The molecule has 3 aliphatic heterocycles. The smallest absolute Gasteiger partial charge is 0.335 e. The van der Waals surface area contributed by atoms with Gasteiger partial charge in [-0.3, -0.25) is 0 Å². The summed E-state index contributed by atoms with van der Waals surface area (Å²) in [6.07, 6.45) is 3.63. The first-order chi connectivity index (χ1) is 17.9. The SMILES string of the molecule is CC1CCOC(=O)/C=C\C=C/C(=O)OC2CC3OC4C(Br)C(C)(O)CCC4(COC(=O)C1O)C2(C)C31CO1. The van der Waals surface area contributed by atoms with Gasteiger partial charge in [0.25, 0.3) is 0 Å². The third-order valence-corrected chi connectivity index (χ3v) is 11.1. The van der Waals surface area contributed by atoms with Crippen molar-refractivity contribution < 1.29 is 48.3 Å². The molecule has 2 saturated carbocycles. The molecule has 0 aromatic carbocycles. The van der Waals surface area contributed by atoms with Crippen molar-refractivity contribution in [1.82, 2.24) is 0 Å². The molecule has 5 aliphatic rings. The topological polar surface area (TPSA) is 141 Å². The average molecular weight is 599 g/mol. The number of carbonyl (C=O) groups is 3. The lowest BCUT2D eigenvalue weighted by atomic mass is 9.49. The van der Waals surface area contributed by atoms with Gasteiger partial charge >= 0.3 is 17.9 Å². The second-order valence-corrected chi connectivity index (χ2v) is 12.7. The van der Waals surface area contributed by atoms with Crippen molar-refractivity contribution in [2.45, 2.75) is 86.9 Å². The van der Waals surface area contributed by atoms with Gasteiger partial charge in [-0.25, -0.2) is 14.4 Å². The summed E-state index contributed by atoms with van der Waals surface area (Å²) in [5.41, 5.74) is -3.51. The van der Waals surface area contributed by atoms with Crippen LogP contribution in [-0.4, -0.2) is 88.4 Å². The molecule has 0 amide bonds. The van der Waals surface area contributed by atoms with E-state index >= 15 is 0 Å². The lowest BCUT2D eigenvalue weighted by molar-refractivity contribution is -0.266. The number of hydrogen-bond acceptors (Lipinski definition) is 10. The molecule has 0 aromatic rings. The molecule has 10 unspecified atom stereocenters. The molecule has 38 heavy (non-hydrogen) atoms. The molecule has 2 aliphatic carbocycles. The van der Waals surface area contributed by atoms with Gasteiger partial charge in [0.05, 0.1) is 35.8 Å². The van der Waals surface area contributed by atoms with Crippen LogP contribution in [0.4, 0.5) is 0 Å². The van der Waals surface area contributed by atoms with Crippen LogP contribution in [0.15, 0.2) is 24.3 Å². The zero-order chi connectivity index (χ0) is 27.5. The second kappa shape index (κ2) is 9.69. The number of carbonyl (C=O) groups excluding carboxylic acids is 3. The molecule has 5 rings (SSSR count). The van der Waals surface area contributed by atoms with Gasteiger partial charge < -0.3 is 33.9 Å². The fourth-order valence-electron chi connectivity index (χ4n) is 6.98. The predicted molar refractivity (Wildman–Crippen MR) is 135 cm³/mol. The van der Waals surface area contributed by atoms with Crippen LogP contribution in [0.2, 0.25) is 0 Å². The van der Waals surface area contributed by atoms with Crippen molar-refractivity contribution in [2.24, 2.45) is 16.7 Å². The maximum atomic E-state index is 13.0. The summed E-state index contributed by atoms with van der Waals surface area (Å²) < 4.78 is 29.6. The van der Waals surface area contributed by atoms with Crippen LogP contribution in [0.25, 0.3) is 0 Å². The Kier molecular flexibility index (Phi) is 7.08. The lowest BCUT2D eigenvalue weighted by Crippen LogP contribution is -2.72. The molecular weight excluding hydrogens is 564 g/mol. The summed E-state index contributed by atoms with van der Waals surface area (Å²) in [6.45, 7) is 5.72. The molecule has 210 valence electrons. The molecular formula is C27H35BrO10. The van der Waals surface area contributed by atoms with Gasteiger partial charge in [-0.15, -0.1) is 0 Å². The summed E-state index contributed by atoms with van der Waals surface area (Å²) in [6, 6.07) is 0. The Bertz CT molecular complexity index is 1050. The second-order valence-electron chi connectivity index (χ2n) is 11.7. The van der Waals surface area contributed by atoms with Gasteiger partial charge in [0.15, 0.2) is 6.10 Å². The monoisotopic (exact) mass is 598 g/mol. The summed E-state index contributed by atoms with van der Waals surface area (Å²) >= 11 is 3.68. The van der Waals surface area contributed by atoms with Crippen LogP contribution in [0.3, 0.4) is 0 Å². The zero-order valence-electron chi connectivity index (χ0n) is 21.8. The summed E-state index contributed by atoms with van der Waals surface area (Å²) in [5, 5.41) is 21.8. The summed E-state index contributed by atoms with van der Waals surface area (Å²) in [4.78, 5) is 37.3. The number of alkyl halides is 1. The molecule has 3 heterocycles. The van der Waals surface area contributed by atoms with Gasteiger partial charge in [-0.05, 0) is 32.1 Å². The van der Waals surface area contributed by atoms with Crippen LogP contribution in [0, 0.1) is 16.7 Å². The van der Waals surface area contributed by atoms with Crippen molar-refractivity contribution in [2.75, 3.05) is 19.8 Å². The zero-order valence-corrected chi connectivity index (χ0v) is 23.3. The number of ether oxygens (including phenoxy) is 5. The maximum Gasteiger partial charge on any atom is 0.335 e. The van der Waals surface area contributed by atoms with E-state index in [9.17, 15) is 24.6 Å². The molecule has 0 radical (unpaired) electrons. The highest BCUT2D eigenvalue weighted by Crippen LogP contribution is 2.73. The minimum atomic E-state index is -1.43.